The van der Waals surface area contributed by atoms with E-state index in [0.29, 0.717) is 9.34 Å². The molecule has 0 heterocycles. The number of fused-ring (bicyclic) bond motifs is 1. The van der Waals surface area contributed by atoms with Gasteiger partial charge in [0, 0.05) is 3.92 Å². The molecule has 2 rings (SSSR count). The van der Waals surface area contributed by atoms with E-state index in [0.717, 1.165) is 23.7 Å². The van der Waals surface area contributed by atoms with Crippen LogP contribution in [0.4, 0.5) is 0 Å². The van der Waals surface area contributed by atoms with Gasteiger partial charge in [-0.05, 0) is 75.0 Å². The molecule has 0 aliphatic heterocycles. The van der Waals surface area contributed by atoms with Crippen molar-refractivity contribution in [2.45, 2.75) is 44.5 Å². The van der Waals surface area contributed by atoms with Crippen molar-refractivity contribution >= 4 is 45.2 Å². The van der Waals surface area contributed by atoms with E-state index in [1.54, 1.807) is 3.58 Å². The molecular weight excluding hydrogens is 446 g/mol. The summed E-state index contributed by atoms with van der Waals surface area (Å²) in [4.78, 5) is 0. The van der Waals surface area contributed by atoms with Crippen molar-refractivity contribution < 1.29 is 0 Å². The van der Waals surface area contributed by atoms with Crippen molar-refractivity contribution in [1.82, 2.24) is 0 Å². The second kappa shape index (κ2) is 5.74. The molecule has 0 nitrogen and oxygen atoms in total. The minimum absolute atomic E-state index is 0.485. The third kappa shape index (κ3) is 2.84. The molecule has 5 unspecified atom stereocenters. The average Bonchev–Trinajstić information content (AvgIpc) is 2.46. The lowest BCUT2D eigenvalue weighted by atomic mass is 9.71. The molecule has 0 radical (unpaired) electrons. The van der Waals surface area contributed by atoms with E-state index in [4.69, 9.17) is 0 Å². The molecular formula is C16H24I2. The maximum atomic E-state index is 2.54. The maximum absolute atomic E-state index is 2.54. The SMILES string of the molecule is CC(I)/C=C\C1C2CC=C(I)CC2C(C)(C)C1C. The first-order valence-corrected chi connectivity index (χ1v) is 9.33. The molecule has 0 amide bonds. The normalized spacial score (nSPS) is 40.7. The van der Waals surface area contributed by atoms with Gasteiger partial charge in [0.1, 0.15) is 0 Å². The van der Waals surface area contributed by atoms with Crippen molar-refractivity contribution in [3.63, 3.8) is 0 Å². The molecule has 0 N–H and O–H groups in total. The van der Waals surface area contributed by atoms with Crippen LogP contribution in [-0.2, 0) is 0 Å². The van der Waals surface area contributed by atoms with Gasteiger partial charge in [0.15, 0.2) is 0 Å². The van der Waals surface area contributed by atoms with E-state index in [2.05, 4.69) is 91.1 Å². The molecule has 5 atom stereocenters. The predicted octanol–water partition coefficient (Wildman–Crippen LogP) is 6.00. The highest BCUT2D eigenvalue weighted by molar-refractivity contribution is 14.1. The summed E-state index contributed by atoms with van der Waals surface area (Å²) in [5.74, 6) is 3.33. The molecule has 0 saturated heterocycles. The molecule has 2 heteroatoms. The molecule has 0 bridgehead atoms. The number of halogens is 2. The fraction of sp³-hybridized carbons (Fsp3) is 0.750. The lowest BCUT2D eigenvalue weighted by Gasteiger charge is -2.35. The molecule has 0 aromatic carbocycles. The van der Waals surface area contributed by atoms with Crippen LogP contribution in [0.3, 0.4) is 0 Å². The Bertz CT molecular complexity index is 365. The first kappa shape index (κ1) is 15.3. The average molecular weight is 470 g/mol. The van der Waals surface area contributed by atoms with E-state index in [9.17, 15) is 0 Å². The predicted molar refractivity (Wildman–Crippen MR) is 97.4 cm³/mol. The highest BCUT2D eigenvalue weighted by Gasteiger charge is 2.52. The number of allylic oxidation sites excluding steroid dienone is 4. The molecule has 1 fully saturated rings. The van der Waals surface area contributed by atoms with Gasteiger partial charge in [0.25, 0.3) is 0 Å². The maximum Gasteiger partial charge on any atom is 0.0261 e. The minimum atomic E-state index is 0.485. The Balaban J connectivity index is 2.26. The summed E-state index contributed by atoms with van der Waals surface area (Å²) in [6.07, 6.45) is 10.0. The summed E-state index contributed by atoms with van der Waals surface area (Å²) in [6, 6.07) is 0. The Morgan fingerprint density at radius 3 is 2.72 bits per heavy atom. The van der Waals surface area contributed by atoms with E-state index >= 15 is 0 Å². The summed E-state index contributed by atoms with van der Waals surface area (Å²) < 4.78 is 2.23. The van der Waals surface area contributed by atoms with Crippen LogP contribution >= 0.6 is 45.2 Å². The quantitative estimate of drug-likeness (QED) is 0.264. The zero-order valence-corrected chi connectivity index (χ0v) is 16.1. The second-order valence-corrected chi connectivity index (χ2v) is 9.96. The highest BCUT2D eigenvalue weighted by Crippen LogP contribution is 2.59. The van der Waals surface area contributed by atoms with Crippen molar-refractivity contribution in [2.24, 2.45) is 29.1 Å². The van der Waals surface area contributed by atoms with Gasteiger partial charge in [0.05, 0.1) is 0 Å². The van der Waals surface area contributed by atoms with Crippen LogP contribution in [0.5, 0.6) is 0 Å². The number of hydrogen-bond donors (Lipinski definition) is 0. The second-order valence-electron chi connectivity index (χ2n) is 6.61. The van der Waals surface area contributed by atoms with E-state index in [1.165, 1.54) is 12.8 Å². The molecule has 1 saturated carbocycles. The summed E-state index contributed by atoms with van der Waals surface area (Å²) in [6.45, 7) is 9.72. The third-order valence-electron chi connectivity index (χ3n) is 5.34. The smallest absolute Gasteiger partial charge is 0.0261 e. The van der Waals surface area contributed by atoms with Gasteiger partial charge in [-0.15, -0.1) is 0 Å². The van der Waals surface area contributed by atoms with Gasteiger partial charge in [-0.25, -0.2) is 0 Å². The van der Waals surface area contributed by atoms with E-state index in [1.807, 2.05) is 0 Å². The fourth-order valence-electron chi connectivity index (χ4n) is 3.91. The molecule has 102 valence electrons. The van der Waals surface area contributed by atoms with Crippen LogP contribution in [0, 0.1) is 29.1 Å². The summed E-state index contributed by atoms with van der Waals surface area (Å²) in [7, 11) is 0. The standard InChI is InChI=1S/C16H24I2/c1-10(17)5-7-13-11(2)16(3,4)15-9-12(18)6-8-14(13)15/h5-7,10-11,13-15H,8-9H2,1-4H3/b7-5-. The number of rotatable bonds is 2. The first-order valence-electron chi connectivity index (χ1n) is 7.01. The Labute approximate surface area is 139 Å². The lowest BCUT2D eigenvalue weighted by Crippen LogP contribution is -2.27. The van der Waals surface area contributed by atoms with E-state index < -0.39 is 0 Å². The van der Waals surface area contributed by atoms with Crippen molar-refractivity contribution in [1.29, 1.82) is 0 Å². The Hall–Kier alpha value is 0.940. The van der Waals surface area contributed by atoms with Crippen molar-refractivity contribution in [3.05, 3.63) is 21.8 Å². The zero-order valence-electron chi connectivity index (χ0n) is 11.8. The van der Waals surface area contributed by atoms with Crippen molar-refractivity contribution in [3.8, 4) is 0 Å². The molecule has 2 aliphatic carbocycles. The zero-order chi connectivity index (χ0) is 13.5. The topological polar surface area (TPSA) is 0 Å². The number of alkyl halides is 1. The van der Waals surface area contributed by atoms with Crippen LogP contribution in [0.25, 0.3) is 0 Å². The van der Waals surface area contributed by atoms with Crippen LogP contribution in [-0.4, -0.2) is 3.92 Å². The third-order valence-corrected chi connectivity index (χ3v) is 6.64. The molecule has 0 spiro atoms. The van der Waals surface area contributed by atoms with E-state index in [-0.39, 0.29) is 0 Å². The fourth-order valence-corrected chi connectivity index (χ4v) is 4.88. The van der Waals surface area contributed by atoms with Gasteiger partial charge >= 0.3 is 0 Å². The largest absolute Gasteiger partial charge is 0.0838 e. The molecule has 2 aliphatic rings. The molecule has 18 heavy (non-hydrogen) atoms. The molecule has 0 aromatic rings. The van der Waals surface area contributed by atoms with Crippen LogP contribution in [0.15, 0.2) is 21.8 Å². The van der Waals surface area contributed by atoms with Gasteiger partial charge in [-0.1, -0.05) is 61.6 Å². The molecule has 0 aromatic heterocycles. The Morgan fingerprint density at radius 2 is 2.11 bits per heavy atom. The summed E-state index contributed by atoms with van der Waals surface area (Å²) in [5.41, 5.74) is 0.485. The monoisotopic (exact) mass is 470 g/mol. The summed E-state index contributed by atoms with van der Waals surface area (Å²) in [5, 5.41) is 0. The Kier molecular flexibility index (Phi) is 4.89. The van der Waals surface area contributed by atoms with Gasteiger partial charge < -0.3 is 0 Å². The number of hydrogen-bond acceptors (Lipinski definition) is 0. The van der Waals surface area contributed by atoms with Crippen LogP contribution in [0.1, 0.15) is 40.5 Å². The van der Waals surface area contributed by atoms with Gasteiger partial charge in [0.2, 0.25) is 0 Å². The highest BCUT2D eigenvalue weighted by atomic mass is 127. The van der Waals surface area contributed by atoms with Gasteiger partial charge in [-0.3, -0.25) is 0 Å². The van der Waals surface area contributed by atoms with Crippen molar-refractivity contribution in [2.75, 3.05) is 0 Å². The van der Waals surface area contributed by atoms with Crippen LogP contribution in [0.2, 0.25) is 0 Å². The van der Waals surface area contributed by atoms with Crippen LogP contribution < -0.4 is 0 Å². The minimum Gasteiger partial charge on any atom is -0.0838 e. The Morgan fingerprint density at radius 1 is 1.44 bits per heavy atom. The van der Waals surface area contributed by atoms with Gasteiger partial charge in [-0.2, -0.15) is 0 Å². The first-order chi connectivity index (χ1) is 8.34. The summed E-state index contributed by atoms with van der Waals surface area (Å²) >= 11 is 5.03. The lowest BCUT2D eigenvalue weighted by molar-refractivity contribution is 0.174.